The van der Waals surface area contributed by atoms with Crippen molar-refractivity contribution in [1.82, 2.24) is 0 Å². The molecule has 0 rings (SSSR count). The van der Waals surface area contributed by atoms with E-state index >= 15 is 0 Å². The molecule has 0 bridgehead atoms. The Labute approximate surface area is 123 Å². The third-order valence-electron chi connectivity index (χ3n) is 2.58. The summed E-state index contributed by atoms with van der Waals surface area (Å²) in [5.41, 5.74) is 0. The molecule has 0 amide bonds. The van der Waals surface area contributed by atoms with E-state index in [0.717, 1.165) is 44.9 Å². The molecule has 20 heavy (non-hydrogen) atoms. The maximum atomic E-state index is 10.3. The molecular formula is C18H24O2. The van der Waals surface area contributed by atoms with E-state index in [4.69, 9.17) is 5.11 Å². The van der Waals surface area contributed by atoms with Crippen molar-refractivity contribution in [2.24, 2.45) is 0 Å². The van der Waals surface area contributed by atoms with Crippen LogP contribution < -0.4 is 0 Å². The van der Waals surface area contributed by atoms with Crippen molar-refractivity contribution in [3.8, 4) is 23.7 Å². The van der Waals surface area contributed by atoms with Gasteiger partial charge in [0.25, 0.3) is 0 Å². The number of hydrogen-bond acceptors (Lipinski definition) is 1. The van der Waals surface area contributed by atoms with E-state index < -0.39 is 5.97 Å². The van der Waals surface area contributed by atoms with Crippen LogP contribution in [0.4, 0.5) is 0 Å². The lowest BCUT2D eigenvalue weighted by Crippen LogP contribution is -1.93. The van der Waals surface area contributed by atoms with Gasteiger partial charge in [0.15, 0.2) is 0 Å². The summed E-state index contributed by atoms with van der Waals surface area (Å²) < 4.78 is 0. The van der Waals surface area contributed by atoms with E-state index in [1.54, 1.807) is 6.08 Å². The average molecular weight is 272 g/mol. The normalized spacial score (nSPS) is 10.1. The Morgan fingerprint density at radius 1 is 1.05 bits per heavy atom. The van der Waals surface area contributed by atoms with Gasteiger partial charge in [0.1, 0.15) is 0 Å². The van der Waals surface area contributed by atoms with Gasteiger partial charge in [-0.25, -0.2) is 0 Å². The van der Waals surface area contributed by atoms with Gasteiger partial charge in [0.2, 0.25) is 0 Å². The second-order valence-corrected chi connectivity index (χ2v) is 4.43. The van der Waals surface area contributed by atoms with Gasteiger partial charge >= 0.3 is 5.97 Å². The number of carbonyl (C=O) groups is 1. The summed E-state index contributed by atoms with van der Waals surface area (Å²) >= 11 is 0. The van der Waals surface area contributed by atoms with Crippen molar-refractivity contribution in [2.45, 2.75) is 58.3 Å². The molecule has 1 N–H and O–H groups in total. The van der Waals surface area contributed by atoms with Crippen molar-refractivity contribution >= 4 is 5.97 Å². The molecule has 0 aromatic heterocycles. The molecule has 108 valence electrons. The zero-order valence-corrected chi connectivity index (χ0v) is 12.3. The SMILES string of the molecule is CC/C=C/C=C/C#CC#CCCCCCCCC(=O)O. The highest BCUT2D eigenvalue weighted by Gasteiger charge is 1.95. The van der Waals surface area contributed by atoms with Gasteiger partial charge in [-0.05, 0) is 37.2 Å². The molecule has 0 fully saturated rings. The third kappa shape index (κ3) is 16.1. The van der Waals surface area contributed by atoms with Crippen LogP contribution in [0.1, 0.15) is 58.3 Å². The van der Waals surface area contributed by atoms with Gasteiger partial charge in [0, 0.05) is 12.8 Å². The highest BCUT2D eigenvalue weighted by atomic mass is 16.4. The summed E-state index contributed by atoms with van der Waals surface area (Å²) in [6, 6.07) is 0. The van der Waals surface area contributed by atoms with Crippen LogP contribution in [0.15, 0.2) is 24.3 Å². The van der Waals surface area contributed by atoms with E-state index in [0.29, 0.717) is 0 Å². The number of rotatable bonds is 9. The minimum Gasteiger partial charge on any atom is -0.481 e. The highest BCUT2D eigenvalue weighted by molar-refractivity contribution is 5.66. The van der Waals surface area contributed by atoms with Crippen LogP contribution in [0.25, 0.3) is 0 Å². The number of carboxylic acids is 1. The first kappa shape index (κ1) is 18.1. The fraction of sp³-hybridized carbons (Fsp3) is 0.500. The van der Waals surface area contributed by atoms with Gasteiger partial charge in [-0.2, -0.15) is 0 Å². The molecular weight excluding hydrogens is 248 g/mol. The first-order chi connectivity index (χ1) is 9.77. The van der Waals surface area contributed by atoms with Crippen molar-refractivity contribution in [3.63, 3.8) is 0 Å². The minimum atomic E-state index is -0.700. The van der Waals surface area contributed by atoms with E-state index in [-0.39, 0.29) is 6.42 Å². The Kier molecular flexibility index (Phi) is 13.7. The summed E-state index contributed by atoms with van der Waals surface area (Å²) in [5, 5.41) is 8.48. The summed E-state index contributed by atoms with van der Waals surface area (Å²) in [7, 11) is 0. The molecule has 0 heterocycles. The van der Waals surface area contributed by atoms with Crippen molar-refractivity contribution in [3.05, 3.63) is 24.3 Å². The molecule has 0 unspecified atom stereocenters. The monoisotopic (exact) mass is 272 g/mol. The van der Waals surface area contributed by atoms with Crippen LogP contribution in [0.3, 0.4) is 0 Å². The maximum Gasteiger partial charge on any atom is 0.303 e. The predicted octanol–water partition coefficient (Wildman–Crippen LogP) is 4.33. The van der Waals surface area contributed by atoms with Crippen molar-refractivity contribution < 1.29 is 9.90 Å². The molecule has 0 spiro atoms. The summed E-state index contributed by atoms with van der Waals surface area (Å²) in [4.78, 5) is 10.3. The van der Waals surface area contributed by atoms with E-state index in [9.17, 15) is 4.79 Å². The molecule has 0 aliphatic carbocycles. The van der Waals surface area contributed by atoms with Crippen LogP contribution in [0.2, 0.25) is 0 Å². The standard InChI is InChI=1S/C18H24O2/c1-2-3-4-5-6-7-8-9-10-11-12-13-14-15-16-17-18(19)20/h3-6H,2,11-17H2,1H3,(H,19,20)/b4-3+,6-5+. The molecule has 0 aliphatic rings. The molecule has 0 aliphatic heterocycles. The first-order valence-corrected chi connectivity index (χ1v) is 7.29. The molecule has 0 atom stereocenters. The number of unbranched alkanes of at least 4 members (excludes halogenated alkanes) is 5. The lowest BCUT2D eigenvalue weighted by atomic mass is 10.1. The molecule has 2 nitrogen and oxygen atoms in total. The largest absolute Gasteiger partial charge is 0.481 e. The van der Waals surface area contributed by atoms with Crippen LogP contribution in [0, 0.1) is 23.7 Å². The number of allylic oxidation sites excluding steroid dienone is 4. The Bertz CT molecular complexity index is 422. The average Bonchev–Trinajstić information content (AvgIpc) is 2.43. The molecule has 0 saturated carbocycles. The molecule has 0 aromatic rings. The van der Waals surface area contributed by atoms with Crippen LogP contribution in [-0.4, -0.2) is 11.1 Å². The van der Waals surface area contributed by atoms with Gasteiger partial charge in [-0.1, -0.05) is 56.3 Å². The van der Waals surface area contributed by atoms with Gasteiger partial charge in [-0.15, -0.1) is 0 Å². The third-order valence-corrected chi connectivity index (χ3v) is 2.58. The topological polar surface area (TPSA) is 37.3 Å². The zero-order chi connectivity index (χ0) is 14.9. The summed E-state index contributed by atoms with van der Waals surface area (Å²) in [5.74, 6) is 10.8. The van der Waals surface area contributed by atoms with Crippen molar-refractivity contribution in [2.75, 3.05) is 0 Å². The maximum absolute atomic E-state index is 10.3. The molecule has 0 saturated heterocycles. The Hall–Kier alpha value is -1.93. The summed E-state index contributed by atoms with van der Waals surface area (Å²) in [6.45, 7) is 2.09. The second-order valence-electron chi connectivity index (χ2n) is 4.43. The Morgan fingerprint density at radius 3 is 2.55 bits per heavy atom. The van der Waals surface area contributed by atoms with Crippen LogP contribution in [-0.2, 0) is 4.79 Å². The van der Waals surface area contributed by atoms with Crippen LogP contribution >= 0.6 is 0 Å². The number of aliphatic carboxylic acids is 1. The first-order valence-electron chi connectivity index (χ1n) is 7.29. The molecule has 2 heteroatoms. The Balaban J connectivity index is 3.45. The predicted molar refractivity (Wildman–Crippen MR) is 84.1 cm³/mol. The fourth-order valence-corrected chi connectivity index (χ4v) is 1.52. The van der Waals surface area contributed by atoms with Gasteiger partial charge < -0.3 is 5.11 Å². The van der Waals surface area contributed by atoms with Crippen molar-refractivity contribution in [1.29, 1.82) is 0 Å². The number of carboxylic acid groups (broad SMARTS) is 1. The van der Waals surface area contributed by atoms with E-state index in [2.05, 4.69) is 36.7 Å². The van der Waals surface area contributed by atoms with Crippen LogP contribution in [0.5, 0.6) is 0 Å². The molecule has 0 aromatic carbocycles. The quantitative estimate of drug-likeness (QED) is 0.385. The molecule has 0 radical (unpaired) electrons. The fourth-order valence-electron chi connectivity index (χ4n) is 1.52. The van der Waals surface area contributed by atoms with E-state index in [1.807, 2.05) is 12.2 Å². The van der Waals surface area contributed by atoms with E-state index in [1.165, 1.54) is 0 Å². The summed E-state index contributed by atoms with van der Waals surface area (Å²) in [6.07, 6.45) is 15.0. The second kappa shape index (κ2) is 15.1. The smallest absolute Gasteiger partial charge is 0.303 e. The highest BCUT2D eigenvalue weighted by Crippen LogP contribution is 2.06. The zero-order valence-electron chi connectivity index (χ0n) is 12.3. The lowest BCUT2D eigenvalue weighted by Gasteiger charge is -1.96. The lowest BCUT2D eigenvalue weighted by molar-refractivity contribution is -0.137. The van der Waals surface area contributed by atoms with Gasteiger partial charge in [0.05, 0.1) is 0 Å². The number of hydrogen-bond donors (Lipinski definition) is 1. The Morgan fingerprint density at radius 2 is 1.80 bits per heavy atom. The minimum absolute atomic E-state index is 0.288. The van der Waals surface area contributed by atoms with Gasteiger partial charge in [-0.3, -0.25) is 4.79 Å².